The van der Waals surface area contributed by atoms with Crippen LogP contribution in [-0.2, 0) is 0 Å². The van der Waals surface area contributed by atoms with E-state index in [9.17, 15) is 5.26 Å². The summed E-state index contributed by atoms with van der Waals surface area (Å²) in [5.74, 6) is 0. The Bertz CT molecular complexity index is 2820. The monoisotopic (exact) mass is 599 g/mol. The van der Waals surface area contributed by atoms with Gasteiger partial charge in [0.05, 0.1) is 33.3 Å². The molecule has 10 rings (SSSR count). The van der Waals surface area contributed by atoms with Crippen LogP contribution in [0.15, 0.2) is 156 Å². The van der Waals surface area contributed by atoms with E-state index >= 15 is 0 Å². The molecule has 0 aliphatic carbocycles. The molecule has 0 bridgehead atoms. The SMILES string of the molecule is N#Cc1cccc(-c2ccc3oc4ccc(-n5c6ccccc6c6ccccc65)cc4c3c2)c1-n1c2ccccc2c2ccccc21. The zero-order chi connectivity index (χ0) is 31.1. The first-order valence-electron chi connectivity index (χ1n) is 15.8. The van der Waals surface area contributed by atoms with Gasteiger partial charge in [-0.1, -0.05) is 91.0 Å². The van der Waals surface area contributed by atoms with Crippen molar-refractivity contribution in [3.05, 3.63) is 157 Å². The Hall–Kier alpha value is -6.57. The normalized spacial score (nSPS) is 11.8. The molecule has 0 fully saturated rings. The second-order valence-corrected chi connectivity index (χ2v) is 12.0. The summed E-state index contributed by atoms with van der Waals surface area (Å²) in [5, 5.41) is 17.3. The van der Waals surface area contributed by atoms with Crippen molar-refractivity contribution < 1.29 is 4.42 Å². The molecule has 0 saturated heterocycles. The molecular weight excluding hydrogens is 574 g/mol. The summed E-state index contributed by atoms with van der Waals surface area (Å²) in [4.78, 5) is 0. The molecule has 47 heavy (non-hydrogen) atoms. The van der Waals surface area contributed by atoms with E-state index in [2.05, 4.69) is 155 Å². The summed E-state index contributed by atoms with van der Waals surface area (Å²) in [6, 6.07) is 55.3. The van der Waals surface area contributed by atoms with E-state index in [1.165, 1.54) is 21.8 Å². The second kappa shape index (κ2) is 9.71. The van der Waals surface area contributed by atoms with E-state index in [1.807, 2.05) is 12.1 Å². The van der Waals surface area contributed by atoms with Gasteiger partial charge in [0.1, 0.15) is 17.2 Å². The first-order valence-corrected chi connectivity index (χ1v) is 15.8. The first-order chi connectivity index (χ1) is 23.3. The Balaban J connectivity index is 1.23. The van der Waals surface area contributed by atoms with Crippen LogP contribution in [0, 0.1) is 11.3 Å². The molecule has 0 amide bonds. The number of para-hydroxylation sites is 5. The highest BCUT2D eigenvalue weighted by molar-refractivity contribution is 6.12. The number of hydrogen-bond acceptors (Lipinski definition) is 2. The Morgan fingerprint density at radius 2 is 0.957 bits per heavy atom. The average molecular weight is 600 g/mol. The third-order valence-electron chi connectivity index (χ3n) is 9.56. The fourth-order valence-electron chi connectivity index (χ4n) is 7.54. The van der Waals surface area contributed by atoms with Crippen molar-refractivity contribution in [1.82, 2.24) is 9.13 Å². The highest BCUT2D eigenvalue weighted by Gasteiger charge is 2.20. The summed E-state index contributed by atoms with van der Waals surface area (Å²) in [7, 11) is 0. The van der Waals surface area contributed by atoms with E-state index < -0.39 is 0 Å². The summed E-state index contributed by atoms with van der Waals surface area (Å²) in [6.07, 6.45) is 0. The minimum absolute atomic E-state index is 0.625. The van der Waals surface area contributed by atoms with Gasteiger partial charge in [-0.05, 0) is 66.2 Å². The zero-order valence-electron chi connectivity index (χ0n) is 25.2. The lowest BCUT2D eigenvalue weighted by atomic mass is 9.98. The lowest BCUT2D eigenvalue weighted by Crippen LogP contribution is -2.00. The Kier molecular flexibility index (Phi) is 5.32. The smallest absolute Gasteiger partial charge is 0.135 e. The van der Waals surface area contributed by atoms with Gasteiger partial charge in [0.2, 0.25) is 0 Å². The molecule has 7 aromatic carbocycles. The van der Waals surface area contributed by atoms with E-state index in [0.717, 1.165) is 66.2 Å². The third kappa shape index (κ3) is 3.63. The van der Waals surface area contributed by atoms with Gasteiger partial charge in [-0.3, -0.25) is 0 Å². The largest absolute Gasteiger partial charge is 0.456 e. The van der Waals surface area contributed by atoms with Crippen LogP contribution in [-0.4, -0.2) is 9.13 Å². The van der Waals surface area contributed by atoms with Gasteiger partial charge >= 0.3 is 0 Å². The van der Waals surface area contributed by atoms with Gasteiger partial charge in [-0.25, -0.2) is 0 Å². The van der Waals surface area contributed by atoms with Gasteiger partial charge in [-0.2, -0.15) is 5.26 Å². The Morgan fingerprint density at radius 1 is 0.447 bits per heavy atom. The third-order valence-corrected chi connectivity index (χ3v) is 9.56. The molecule has 0 spiro atoms. The van der Waals surface area contributed by atoms with Crippen LogP contribution in [0.3, 0.4) is 0 Å². The molecule has 0 aliphatic heterocycles. The van der Waals surface area contributed by atoms with Crippen LogP contribution in [0.25, 0.3) is 88.1 Å². The molecule has 218 valence electrons. The number of fused-ring (bicyclic) bond motifs is 9. The minimum atomic E-state index is 0.625. The van der Waals surface area contributed by atoms with Gasteiger partial charge in [0, 0.05) is 43.6 Å². The molecule has 0 saturated carbocycles. The Morgan fingerprint density at radius 3 is 1.53 bits per heavy atom. The van der Waals surface area contributed by atoms with E-state index in [-0.39, 0.29) is 0 Å². The summed E-state index contributed by atoms with van der Waals surface area (Å²) >= 11 is 0. The summed E-state index contributed by atoms with van der Waals surface area (Å²) < 4.78 is 11.0. The van der Waals surface area contributed by atoms with Crippen molar-refractivity contribution in [3.8, 4) is 28.6 Å². The molecule has 0 unspecified atom stereocenters. The van der Waals surface area contributed by atoms with Crippen LogP contribution < -0.4 is 0 Å². The topological polar surface area (TPSA) is 46.8 Å². The Labute approximate surface area is 269 Å². The minimum Gasteiger partial charge on any atom is -0.456 e. The highest BCUT2D eigenvalue weighted by atomic mass is 16.3. The molecular formula is C43H25N3O. The maximum atomic E-state index is 10.4. The van der Waals surface area contributed by atoms with Gasteiger partial charge in [-0.15, -0.1) is 0 Å². The molecule has 0 atom stereocenters. The number of benzene rings is 7. The van der Waals surface area contributed by atoms with Gasteiger partial charge in [0.25, 0.3) is 0 Å². The quantitative estimate of drug-likeness (QED) is 0.203. The molecule has 0 aliphatic rings. The summed E-state index contributed by atoms with van der Waals surface area (Å²) in [6.45, 7) is 0. The van der Waals surface area contributed by atoms with Crippen molar-refractivity contribution in [2.24, 2.45) is 0 Å². The lowest BCUT2D eigenvalue weighted by Gasteiger charge is -2.16. The predicted octanol–water partition coefficient (Wildman–Crippen LogP) is 11.3. The van der Waals surface area contributed by atoms with Gasteiger partial charge in [0.15, 0.2) is 0 Å². The van der Waals surface area contributed by atoms with Gasteiger partial charge < -0.3 is 13.6 Å². The van der Waals surface area contributed by atoms with Crippen LogP contribution in [0.5, 0.6) is 0 Å². The molecule has 0 N–H and O–H groups in total. The second-order valence-electron chi connectivity index (χ2n) is 12.0. The summed E-state index contributed by atoms with van der Waals surface area (Å²) in [5.41, 5.74) is 10.8. The van der Waals surface area contributed by atoms with E-state index in [1.54, 1.807) is 0 Å². The van der Waals surface area contributed by atoms with Crippen molar-refractivity contribution >= 4 is 65.6 Å². The van der Waals surface area contributed by atoms with E-state index in [4.69, 9.17) is 4.42 Å². The predicted molar refractivity (Wildman–Crippen MR) is 193 cm³/mol. The first kappa shape index (κ1) is 25.7. The molecule has 0 radical (unpaired) electrons. The maximum absolute atomic E-state index is 10.4. The number of nitrogens with zero attached hydrogens (tertiary/aromatic N) is 3. The molecule has 4 nitrogen and oxygen atoms in total. The molecule has 4 heteroatoms. The number of hydrogen-bond donors (Lipinski definition) is 0. The van der Waals surface area contributed by atoms with E-state index in [0.29, 0.717) is 5.56 Å². The van der Waals surface area contributed by atoms with Crippen LogP contribution in [0.1, 0.15) is 5.56 Å². The average Bonchev–Trinajstić information content (AvgIpc) is 3.78. The van der Waals surface area contributed by atoms with Crippen molar-refractivity contribution in [2.75, 3.05) is 0 Å². The number of rotatable bonds is 3. The highest BCUT2D eigenvalue weighted by Crippen LogP contribution is 2.40. The maximum Gasteiger partial charge on any atom is 0.135 e. The molecule has 10 aromatic rings. The fraction of sp³-hybridized carbons (Fsp3) is 0. The van der Waals surface area contributed by atoms with Crippen LogP contribution >= 0.6 is 0 Å². The number of aromatic nitrogens is 2. The standard InChI is InChI=1S/C43H25N3O/c44-26-28-10-9-15-30(43(28)46-39-18-7-3-13-33(39)34-14-4-8-19-40(34)46)27-20-22-41-35(24-27)36-25-29(21-23-42(36)47-41)45-37-16-5-1-11-31(37)32-12-2-6-17-38(32)45/h1-25H. The lowest BCUT2D eigenvalue weighted by molar-refractivity contribution is 0.669. The number of nitriles is 1. The van der Waals surface area contributed by atoms with Crippen LogP contribution in [0.4, 0.5) is 0 Å². The fourth-order valence-corrected chi connectivity index (χ4v) is 7.54. The zero-order valence-corrected chi connectivity index (χ0v) is 25.2. The van der Waals surface area contributed by atoms with Crippen molar-refractivity contribution in [1.29, 1.82) is 5.26 Å². The van der Waals surface area contributed by atoms with Crippen molar-refractivity contribution in [2.45, 2.75) is 0 Å². The van der Waals surface area contributed by atoms with Crippen LogP contribution in [0.2, 0.25) is 0 Å². The molecule has 3 aromatic heterocycles. The van der Waals surface area contributed by atoms with Crippen molar-refractivity contribution in [3.63, 3.8) is 0 Å². The molecule has 3 heterocycles. The number of furan rings is 1.